The molecule has 4 aromatic rings. The van der Waals surface area contributed by atoms with Gasteiger partial charge in [0.05, 0.1) is 50.7 Å². The van der Waals surface area contributed by atoms with E-state index in [0.29, 0.717) is 16.7 Å². The summed E-state index contributed by atoms with van der Waals surface area (Å²) in [7, 11) is 0. The van der Waals surface area contributed by atoms with E-state index in [1.807, 2.05) is 36.4 Å². The van der Waals surface area contributed by atoms with Gasteiger partial charge in [-0.2, -0.15) is 0 Å². The highest BCUT2D eigenvalue weighted by Gasteiger charge is 2.57. The maximum absolute atomic E-state index is 13.9. The van der Waals surface area contributed by atoms with Gasteiger partial charge in [0.25, 0.3) is 0 Å². The molecule has 0 spiro atoms. The first-order chi connectivity index (χ1) is 39.8. The van der Waals surface area contributed by atoms with Crippen molar-refractivity contribution in [3.05, 3.63) is 144 Å². The lowest BCUT2D eigenvalue weighted by Crippen LogP contribution is -2.68. The molecule has 4 aromatic carbocycles. The van der Waals surface area contributed by atoms with Gasteiger partial charge in [-0.1, -0.05) is 135 Å². The summed E-state index contributed by atoms with van der Waals surface area (Å²) in [6, 6.07) is 31.8. The number of rotatable bonds is 21. The van der Waals surface area contributed by atoms with E-state index in [1.54, 1.807) is 98.8 Å². The molecule has 3 amide bonds. The Bertz CT molecular complexity index is 2600. The van der Waals surface area contributed by atoms with Crippen LogP contribution in [0.15, 0.2) is 121 Å². The molecule has 82 heavy (non-hydrogen) atoms. The van der Waals surface area contributed by atoms with Crippen LogP contribution in [0.2, 0.25) is 0 Å². The summed E-state index contributed by atoms with van der Waals surface area (Å²) in [6.45, 7) is 2.00. The molecule has 24 heteroatoms. The molecule has 4 saturated heterocycles. The fraction of sp³-hybridized carbons (Fsp3) is 0.534. The highest BCUT2D eigenvalue weighted by molar-refractivity contribution is 5.69. The number of carbonyl (C=O) groups excluding carboxylic acids is 3. The quantitative estimate of drug-likeness (QED) is 0.0428. The third-order valence-corrected chi connectivity index (χ3v) is 15.0. The Morgan fingerprint density at radius 2 is 1.07 bits per heavy atom. The predicted molar refractivity (Wildman–Crippen MR) is 283 cm³/mol. The van der Waals surface area contributed by atoms with Crippen molar-refractivity contribution in [2.75, 3.05) is 26.4 Å². The van der Waals surface area contributed by atoms with E-state index in [4.69, 9.17) is 56.8 Å². The number of alkyl carbamates (subject to hydrolysis) is 3. The minimum atomic E-state index is -1.83. The topological polar surface area (TPSA) is 319 Å². The van der Waals surface area contributed by atoms with Crippen molar-refractivity contribution < 1.29 is 102 Å². The molecule has 5 aliphatic rings. The number of ether oxygens (including phenoxy) is 12. The van der Waals surface area contributed by atoms with Crippen LogP contribution in [0.5, 0.6) is 0 Å². The second-order valence-corrected chi connectivity index (χ2v) is 20.7. The monoisotopic (exact) mass is 1150 g/mol. The number of hydrogen-bond donors (Lipinski definition) is 9. The lowest BCUT2D eigenvalue weighted by molar-refractivity contribution is -0.366. The van der Waals surface area contributed by atoms with Crippen LogP contribution in [0, 0.1) is 5.92 Å². The number of nitrogens with one attached hydrogen (secondary N) is 3. The Labute approximate surface area is 473 Å². The SMILES string of the molecule is CCC1OC(OC2C(COCCO)OC(OC3C(O)C(NC(=O)OCc4ccccc4)CC(NC(=O)OCc4ccccc4)C3OC3OC4COC(c5ccccc5)OC4C(O)C3C)C2O)C(NC(=O)OCc2ccccc2)C(O)C1O. The van der Waals surface area contributed by atoms with Gasteiger partial charge < -0.3 is 103 Å². The number of benzene rings is 4. The summed E-state index contributed by atoms with van der Waals surface area (Å²) < 4.78 is 73.6. The molecule has 1 saturated carbocycles. The Morgan fingerprint density at radius 1 is 0.549 bits per heavy atom. The Kier molecular flexibility index (Phi) is 21.5. The molecule has 5 fully saturated rings. The summed E-state index contributed by atoms with van der Waals surface area (Å²) in [4.78, 5) is 40.9. The summed E-state index contributed by atoms with van der Waals surface area (Å²) in [5.74, 6) is -0.851. The fourth-order valence-electron chi connectivity index (χ4n) is 10.6. The second-order valence-electron chi connectivity index (χ2n) is 20.7. The number of amides is 3. The molecule has 446 valence electrons. The third-order valence-electron chi connectivity index (χ3n) is 15.0. The molecule has 4 aliphatic heterocycles. The first kappa shape index (κ1) is 60.7. The number of carbonyl (C=O) groups is 3. The molecule has 0 radical (unpaired) electrons. The van der Waals surface area contributed by atoms with Crippen LogP contribution in [0.1, 0.15) is 55.2 Å². The van der Waals surface area contributed by atoms with Gasteiger partial charge in [-0.05, 0) is 29.5 Å². The van der Waals surface area contributed by atoms with E-state index in [2.05, 4.69) is 16.0 Å². The zero-order valence-corrected chi connectivity index (χ0v) is 45.3. The summed E-state index contributed by atoms with van der Waals surface area (Å²) in [5, 5.41) is 77.2. The molecule has 1 aliphatic carbocycles. The van der Waals surface area contributed by atoms with Gasteiger partial charge in [-0.25, -0.2) is 14.4 Å². The van der Waals surface area contributed by atoms with Crippen LogP contribution in [0.3, 0.4) is 0 Å². The van der Waals surface area contributed by atoms with Crippen molar-refractivity contribution in [3.8, 4) is 0 Å². The van der Waals surface area contributed by atoms with Crippen LogP contribution >= 0.6 is 0 Å². The number of aliphatic hydroxyl groups excluding tert-OH is 6. The maximum Gasteiger partial charge on any atom is 0.407 e. The summed E-state index contributed by atoms with van der Waals surface area (Å²) >= 11 is 0. The first-order valence-electron chi connectivity index (χ1n) is 27.5. The van der Waals surface area contributed by atoms with Crippen LogP contribution in [0.25, 0.3) is 0 Å². The standard InChI is InChI=1S/C58H73N3O21/c1-3-39-45(65)46(66)42(61-58(70)75-29-35-20-12-6-13-21-35)54(76-39)81-50-40(30-71-25-24-62)78-55(47(50)67)82-51-44(64)37(59-56(68)73-27-33-16-8-4-9-17-33)26-38(60-57(69)74-28-34-18-10-5-11-19-34)48(51)79-52-32(2)43(63)49-41(77-52)31-72-53(80-49)36-22-14-7-15-23-36/h4-23,32,37-55,62-67H,3,24-31H2,1-2H3,(H,59,68)(H,60,69)(H,61,70). The van der Waals surface area contributed by atoms with E-state index < -0.39 is 147 Å². The lowest BCUT2D eigenvalue weighted by Gasteiger charge is -2.50. The largest absolute Gasteiger partial charge is 0.445 e. The van der Waals surface area contributed by atoms with E-state index in [-0.39, 0.29) is 52.5 Å². The first-order valence-corrected chi connectivity index (χ1v) is 27.5. The number of aliphatic hydroxyl groups is 6. The number of fused-ring (bicyclic) bond motifs is 1. The fourth-order valence-corrected chi connectivity index (χ4v) is 10.6. The molecule has 0 bridgehead atoms. The molecule has 24 nitrogen and oxygen atoms in total. The van der Waals surface area contributed by atoms with E-state index in [9.17, 15) is 45.0 Å². The molecule has 0 aromatic heterocycles. The molecule has 9 N–H and O–H groups in total. The van der Waals surface area contributed by atoms with E-state index >= 15 is 0 Å². The van der Waals surface area contributed by atoms with Crippen molar-refractivity contribution in [2.24, 2.45) is 5.92 Å². The third kappa shape index (κ3) is 15.3. The molecule has 20 atom stereocenters. The number of hydrogen-bond acceptors (Lipinski definition) is 21. The predicted octanol–water partition coefficient (Wildman–Crippen LogP) is 2.58. The normalized spacial score (nSPS) is 34.4. The van der Waals surface area contributed by atoms with Crippen molar-refractivity contribution in [1.29, 1.82) is 0 Å². The smallest absolute Gasteiger partial charge is 0.407 e. The van der Waals surface area contributed by atoms with Gasteiger partial charge in [-0.15, -0.1) is 0 Å². The van der Waals surface area contributed by atoms with Crippen molar-refractivity contribution in [1.82, 2.24) is 16.0 Å². The second kappa shape index (κ2) is 29.1. The zero-order chi connectivity index (χ0) is 57.7. The highest BCUT2D eigenvalue weighted by atomic mass is 16.8. The summed E-state index contributed by atoms with van der Waals surface area (Å²) in [6.07, 6.45) is -25.1. The van der Waals surface area contributed by atoms with Gasteiger partial charge in [0.15, 0.2) is 25.2 Å². The van der Waals surface area contributed by atoms with Gasteiger partial charge in [0, 0.05) is 11.5 Å². The maximum atomic E-state index is 13.9. The Balaban J connectivity index is 1.00. The van der Waals surface area contributed by atoms with Gasteiger partial charge in [0.2, 0.25) is 0 Å². The van der Waals surface area contributed by atoms with Crippen LogP contribution in [-0.4, -0.2) is 186 Å². The molecular weight excluding hydrogens is 1070 g/mol. The van der Waals surface area contributed by atoms with Crippen LogP contribution in [-0.2, 0) is 76.7 Å². The minimum absolute atomic E-state index is 0.0279. The van der Waals surface area contributed by atoms with Gasteiger partial charge in [-0.3, -0.25) is 0 Å². The molecule has 20 unspecified atom stereocenters. The van der Waals surface area contributed by atoms with Crippen molar-refractivity contribution in [2.45, 2.75) is 163 Å². The Hall–Kier alpha value is -5.91. The molecular formula is C58H73N3O21. The van der Waals surface area contributed by atoms with Gasteiger partial charge in [0.1, 0.15) is 86.9 Å². The minimum Gasteiger partial charge on any atom is -0.445 e. The lowest BCUT2D eigenvalue weighted by atomic mass is 9.83. The van der Waals surface area contributed by atoms with E-state index in [1.165, 1.54) is 0 Å². The molecule has 9 rings (SSSR count). The van der Waals surface area contributed by atoms with Crippen LogP contribution in [0.4, 0.5) is 14.4 Å². The van der Waals surface area contributed by atoms with E-state index in [0.717, 1.165) is 5.56 Å². The average Bonchev–Trinajstić information content (AvgIpc) is 3.74. The molecule has 4 heterocycles. The van der Waals surface area contributed by atoms with Crippen molar-refractivity contribution in [3.63, 3.8) is 0 Å². The highest BCUT2D eigenvalue weighted by Crippen LogP contribution is 2.40. The van der Waals surface area contributed by atoms with Gasteiger partial charge >= 0.3 is 18.3 Å². The average molecular weight is 1150 g/mol. The Morgan fingerprint density at radius 3 is 1.65 bits per heavy atom. The zero-order valence-electron chi connectivity index (χ0n) is 45.3. The summed E-state index contributed by atoms with van der Waals surface area (Å²) in [5.41, 5.74) is 2.75. The van der Waals surface area contributed by atoms with Crippen molar-refractivity contribution >= 4 is 18.3 Å². The van der Waals surface area contributed by atoms with Crippen LogP contribution < -0.4 is 16.0 Å².